The number of para-hydroxylation sites is 2. The van der Waals surface area contributed by atoms with E-state index in [4.69, 9.17) is 4.74 Å². The van der Waals surface area contributed by atoms with Crippen LogP contribution in [-0.2, 0) is 15.0 Å². The van der Waals surface area contributed by atoms with Gasteiger partial charge in [0.15, 0.2) is 0 Å². The number of amides is 2. The van der Waals surface area contributed by atoms with Gasteiger partial charge in [0.1, 0.15) is 18.3 Å². The molecule has 3 rings (SSSR count). The summed E-state index contributed by atoms with van der Waals surface area (Å²) in [6, 6.07) is 12.7. The number of hydrogen-bond acceptors (Lipinski definition) is 4. The number of hydrogen-bond donors (Lipinski definition) is 2. The van der Waals surface area contributed by atoms with Gasteiger partial charge in [-0.2, -0.15) is 0 Å². The van der Waals surface area contributed by atoms with Crippen LogP contribution in [0.3, 0.4) is 0 Å². The van der Waals surface area contributed by atoms with E-state index in [1.165, 1.54) is 4.90 Å². The smallest absolute Gasteiger partial charge is 0.249 e. The summed E-state index contributed by atoms with van der Waals surface area (Å²) >= 11 is 0. The van der Waals surface area contributed by atoms with Crippen molar-refractivity contribution in [1.29, 1.82) is 0 Å². The highest BCUT2D eigenvalue weighted by molar-refractivity contribution is 6.11. The fraction of sp³-hybridized carbons (Fsp3) is 0.364. The highest BCUT2D eigenvalue weighted by atomic mass is 16.5. The zero-order valence-electron chi connectivity index (χ0n) is 17.0. The summed E-state index contributed by atoms with van der Waals surface area (Å²) in [7, 11) is 1.61. The van der Waals surface area contributed by atoms with Gasteiger partial charge in [-0.05, 0) is 42.2 Å². The van der Waals surface area contributed by atoms with Crippen molar-refractivity contribution >= 4 is 28.9 Å². The molecule has 1 aliphatic heterocycles. The number of benzene rings is 2. The fourth-order valence-corrected chi connectivity index (χ4v) is 3.25. The zero-order chi connectivity index (χ0) is 20.5. The minimum absolute atomic E-state index is 0.00102. The third-order valence-corrected chi connectivity index (χ3v) is 4.84. The van der Waals surface area contributed by atoms with E-state index >= 15 is 0 Å². The molecule has 0 radical (unpaired) electrons. The third kappa shape index (κ3) is 3.96. The van der Waals surface area contributed by atoms with Crippen LogP contribution in [-0.4, -0.2) is 31.5 Å². The average molecular weight is 381 g/mol. The first-order valence-corrected chi connectivity index (χ1v) is 9.36. The van der Waals surface area contributed by atoms with E-state index in [-0.39, 0.29) is 23.8 Å². The van der Waals surface area contributed by atoms with Crippen LogP contribution in [0.2, 0.25) is 0 Å². The predicted molar refractivity (Wildman–Crippen MR) is 112 cm³/mol. The quantitative estimate of drug-likeness (QED) is 0.846. The Kier molecular flexibility index (Phi) is 5.31. The fourth-order valence-electron chi connectivity index (χ4n) is 3.25. The summed E-state index contributed by atoms with van der Waals surface area (Å²) in [4.78, 5) is 26.7. The molecule has 6 nitrogen and oxygen atoms in total. The molecule has 0 bridgehead atoms. The first kappa shape index (κ1) is 19.7. The molecular formula is C22H27N3O3. The van der Waals surface area contributed by atoms with E-state index in [0.29, 0.717) is 17.1 Å². The summed E-state index contributed by atoms with van der Waals surface area (Å²) in [5.41, 5.74) is 3.21. The van der Waals surface area contributed by atoms with Crippen molar-refractivity contribution in [2.24, 2.45) is 0 Å². The van der Waals surface area contributed by atoms with Gasteiger partial charge in [-0.25, -0.2) is 0 Å². The van der Waals surface area contributed by atoms with Gasteiger partial charge in [-0.1, -0.05) is 39.0 Å². The summed E-state index contributed by atoms with van der Waals surface area (Å²) in [5, 5.41) is 6.07. The summed E-state index contributed by atoms with van der Waals surface area (Å²) in [5.74, 6) is 0.293. The molecule has 1 aliphatic rings. The van der Waals surface area contributed by atoms with Crippen LogP contribution in [0.15, 0.2) is 42.5 Å². The number of anilines is 3. The maximum absolute atomic E-state index is 13.1. The molecule has 0 fully saturated rings. The molecule has 0 aliphatic carbocycles. The van der Waals surface area contributed by atoms with Crippen molar-refractivity contribution in [1.82, 2.24) is 0 Å². The number of carbonyl (C=O) groups is 2. The van der Waals surface area contributed by atoms with Gasteiger partial charge in [0.05, 0.1) is 24.2 Å². The summed E-state index contributed by atoms with van der Waals surface area (Å²) in [6.07, 6.45) is 0. The molecule has 2 aromatic carbocycles. The van der Waals surface area contributed by atoms with Gasteiger partial charge in [-0.15, -0.1) is 0 Å². The van der Waals surface area contributed by atoms with E-state index in [9.17, 15) is 9.59 Å². The normalized spacial score (nSPS) is 14.8. The summed E-state index contributed by atoms with van der Waals surface area (Å²) in [6.45, 7) is 8.20. The van der Waals surface area contributed by atoms with Crippen LogP contribution < -0.4 is 20.3 Å². The molecule has 2 aromatic rings. The van der Waals surface area contributed by atoms with Crippen LogP contribution in [0.4, 0.5) is 17.1 Å². The molecule has 0 aromatic heterocycles. The van der Waals surface area contributed by atoms with Crippen LogP contribution in [0.1, 0.15) is 33.3 Å². The van der Waals surface area contributed by atoms with Crippen molar-refractivity contribution < 1.29 is 14.3 Å². The van der Waals surface area contributed by atoms with E-state index in [2.05, 4.69) is 31.4 Å². The third-order valence-electron chi connectivity index (χ3n) is 4.84. The molecule has 0 saturated carbocycles. The zero-order valence-corrected chi connectivity index (χ0v) is 17.0. The molecule has 0 saturated heterocycles. The Labute approximate surface area is 165 Å². The van der Waals surface area contributed by atoms with Crippen LogP contribution in [0.25, 0.3) is 0 Å². The largest absolute Gasteiger partial charge is 0.495 e. The van der Waals surface area contributed by atoms with E-state index < -0.39 is 6.04 Å². The number of carbonyl (C=O) groups excluding carboxylic acids is 2. The van der Waals surface area contributed by atoms with Crippen molar-refractivity contribution in [3.8, 4) is 5.75 Å². The van der Waals surface area contributed by atoms with Crippen LogP contribution in [0.5, 0.6) is 5.75 Å². The van der Waals surface area contributed by atoms with Gasteiger partial charge in [0.2, 0.25) is 11.8 Å². The van der Waals surface area contributed by atoms with Gasteiger partial charge < -0.3 is 15.4 Å². The monoisotopic (exact) mass is 381 g/mol. The molecule has 6 heteroatoms. The number of fused-ring (bicyclic) bond motifs is 1. The van der Waals surface area contributed by atoms with Gasteiger partial charge in [0.25, 0.3) is 0 Å². The minimum atomic E-state index is -0.539. The molecule has 0 spiro atoms. The van der Waals surface area contributed by atoms with Crippen molar-refractivity contribution in [2.45, 2.75) is 39.2 Å². The maximum atomic E-state index is 13.1. The Bertz CT molecular complexity index is 902. The van der Waals surface area contributed by atoms with E-state index in [1.54, 1.807) is 20.1 Å². The number of methoxy groups -OCH3 is 1. The Hall–Kier alpha value is -3.02. The lowest BCUT2D eigenvalue weighted by molar-refractivity contribution is -0.122. The molecule has 2 N–H and O–H groups in total. The highest BCUT2D eigenvalue weighted by Crippen LogP contribution is 2.33. The Morgan fingerprint density at radius 1 is 1.21 bits per heavy atom. The molecule has 28 heavy (non-hydrogen) atoms. The predicted octanol–water partition coefficient (Wildman–Crippen LogP) is 3.78. The first-order valence-electron chi connectivity index (χ1n) is 9.36. The van der Waals surface area contributed by atoms with Crippen LogP contribution >= 0.6 is 0 Å². The Balaban J connectivity index is 1.86. The van der Waals surface area contributed by atoms with Crippen molar-refractivity contribution in [3.63, 3.8) is 0 Å². The van der Waals surface area contributed by atoms with Crippen molar-refractivity contribution in [2.75, 3.05) is 29.2 Å². The van der Waals surface area contributed by atoms with Gasteiger partial charge in [0, 0.05) is 0 Å². The first-order chi connectivity index (χ1) is 13.2. The summed E-state index contributed by atoms with van der Waals surface area (Å²) < 4.78 is 5.46. The minimum Gasteiger partial charge on any atom is -0.495 e. The van der Waals surface area contributed by atoms with Crippen LogP contribution in [0, 0.1) is 0 Å². The number of nitrogens with zero attached hydrogens (tertiary/aromatic N) is 1. The van der Waals surface area contributed by atoms with Crippen molar-refractivity contribution in [3.05, 3.63) is 48.0 Å². The molecule has 1 atom stereocenters. The number of nitrogens with one attached hydrogen (secondary N) is 2. The molecule has 2 amide bonds. The van der Waals surface area contributed by atoms with Gasteiger partial charge >= 0.3 is 0 Å². The standard InChI is InChI=1S/C22H27N3O3/c1-14(23-17-12-15(22(2,3)4)10-11-19(17)28-5)21(27)25-13-20(26)24-16-8-6-7-9-18(16)25/h6-12,14,23H,13H2,1-5H3,(H,24,26)/t14-/m1/s1. The Morgan fingerprint density at radius 3 is 2.61 bits per heavy atom. The lowest BCUT2D eigenvalue weighted by atomic mass is 9.86. The second-order valence-electron chi connectivity index (χ2n) is 8.02. The Morgan fingerprint density at radius 2 is 1.93 bits per heavy atom. The topological polar surface area (TPSA) is 70.7 Å². The lowest BCUT2D eigenvalue weighted by Crippen LogP contribution is -2.47. The molecule has 148 valence electrons. The maximum Gasteiger partial charge on any atom is 0.249 e. The molecule has 1 heterocycles. The number of rotatable bonds is 4. The van der Waals surface area contributed by atoms with E-state index in [1.807, 2.05) is 36.4 Å². The second-order valence-corrected chi connectivity index (χ2v) is 8.02. The highest BCUT2D eigenvalue weighted by Gasteiger charge is 2.30. The number of ether oxygens (including phenoxy) is 1. The molecular weight excluding hydrogens is 354 g/mol. The van der Waals surface area contributed by atoms with E-state index in [0.717, 1.165) is 11.3 Å². The lowest BCUT2D eigenvalue weighted by Gasteiger charge is -2.31. The van der Waals surface area contributed by atoms with Gasteiger partial charge in [-0.3, -0.25) is 14.5 Å². The SMILES string of the molecule is COc1ccc(C(C)(C)C)cc1N[C@H](C)C(=O)N1CC(=O)Nc2ccccc21. The molecule has 0 unspecified atom stereocenters. The second kappa shape index (κ2) is 7.54. The average Bonchev–Trinajstić information content (AvgIpc) is 2.65.